The smallest absolute Gasteiger partial charge is 0.00104 e. The fourth-order valence-electron chi connectivity index (χ4n) is 1.94. The molecule has 1 aliphatic carbocycles. The molecule has 0 spiro atoms. The molecule has 0 aliphatic heterocycles. The first-order valence-electron chi connectivity index (χ1n) is 6.42. The summed E-state index contributed by atoms with van der Waals surface area (Å²) in [6.45, 7) is 12.1. The Morgan fingerprint density at radius 2 is 1.64 bits per heavy atom. The SMILES string of the molecule is CC.CC1CCC(CNC(C)C)CC1.[HH]. The maximum Gasteiger partial charge on any atom is 0.00104 e. The van der Waals surface area contributed by atoms with E-state index < -0.39 is 0 Å². The van der Waals surface area contributed by atoms with Crippen molar-refractivity contribution in [3.05, 3.63) is 0 Å². The van der Waals surface area contributed by atoms with E-state index in [4.69, 9.17) is 0 Å². The molecule has 0 amide bonds. The second kappa shape index (κ2) is 8.28. The van der Waals surface area contributed by atoms with E-state index in [0.29, 0.717) is 6.04 Å². The summed E-state index contributed by atoms with van der Waals surface area (Å²) in [6.07, 6.45) is 5.79. The summed E-state index contributed by atoms with van der Waals surface area (Å²) in [4.78, 5) is 0. The predicted octanol–water partition coefficient (Wildman–Crippen LogP) is 4.08. The van der Waals surface area contributed by atoms with Crippen molar-refractivity contribution in [2.45, 2.75) is 66.3 Å². The molecule has 0 aromatic heterocycles. The highest BCUT2D eigenvalue weighted by Gasteiger charge is 2.17. The third-order valence-electron chi connectivity index (χ3n) is 2.95. The quantitative estimate of drug-likeness (QED) is 0.725. The van der Waals surface area contributed by atoms with E-state index in [1.165, 1.54) is 32.2 Å². The molecule has 1 aliphatic rings. The molecule has 1 fully saturated rings. The number of hydrogen-bond donors (Lipinski definition) is 1. The summed E-state index contributed by atoms with van der Waals surface area (Å²) in [5.74, 6) is 1.95. The van der Waals surface area contributed by atoms with Crippen molar-refractivity contribution < 1.29 is 1.43 Å². The van der Waals surface area contributed by atoms with E-state index in [1.807, 2.05) is 13.8 Å². The van der Waals surface area contributed by atoms with Gasteiger partial charge in [0.2, 0.25) is 0 Å². The summed E-state index contributed by atoms with van der Waals surface area (Å²) in [5.41, 5.74) is 0. The Balaban J connectivity index is 0. The van der Waals surface area contributed by atoms with Crippen molar-refractivity contribution in [1.29, 1.82) is 0 Å². The van der Waals surface area contributed by atoms with Gasteiger partial charge in [-0.25, -0.2) is 0 Å². The normalized spacial score (nSPS) is 27.0. The van der Waals surface area contributed by atoms with Crippen molar-refractivity contribution >= 4 is 0 Å². The maximum atomic E-state index is 3.53. The van der Waals surface area contributed by atoms with Crippen LogP contribution in [-0.4, -0.2) is 12.6 Å². The van der Waals surface area contributed by atoms with Gasteiger partial charge in [0, 0.05) is 7.47 Å². The lowest BCUT2D eigenvalue weighted by molar-refractivity contribution is 0.277. The molecule has 1 nitrogen and oxygen atoms in total. The molecule has 88 valence electrons. The molecule has 0 radical (unpaired) electrons. The van der Waals surface area contributed by atoms with Crippen LogP contribution in [0.2, 0.25) is 0 Å². The minimum atomic E-state index is 0. The van der Waals surface area contributed by atoms with Crippen molar-refractivity contribution in [3.8, 4) is 0 Å². The van der Waals surface area contributed by atoms with Crippen molar-refractivity contribution in [1.82, 2.24) is 5.32 Å². The average Bonchev–Trinajstić information content (AvgIpc) is 2.20. The Labute approximate surface area is 92.2 Å². The number of rotatable bonds is 3. The highest BCUT2D eigenvalue weighted by molar-refractivity contribution is 4.72. The van der Waals surface area contributed by atoms with Crippen LogP contribution in [0, 0.1) is 11.8 Å². The Morgan fingerprint density at radius 3 is 2.07 bits per heavy atom. The standard InChI is InChI=1S/C11H23N.C2H6.H2/c1-9(2)12-8-11-6-4-10(3)5-7-11;1-2;/h9-12H,4-8H2,1-3H3;1-2H3;1H. The van der Waals surface area contributed by atoms with E-state index in [1.54, 1.807) is 0 Å². The largest absolute Gasteiger partial charge is 0.314 e. The fourth-order valence-corrected chi connectivity index (χ4v) is 1.94. The molecular weight excluding hydrogens is 170 g/mol. The second-order valence-electron chi connectivity index (χ2n) is 4.69. The Kier molecular flexibility index (Phi) is 8.26. The van der Waals surface area contributed by atoms with Crippen LogP contribution in [-0.2, 0) is 0 Å². The maximum absolute atomic E-state index is 3.53. The molecular formula is C13H31N. The van der Waals surface area contributed by atoms with Gasteiger partial charge in [0.15, 0.2) is 0 Å². The van der Waals surface area contributed by atoms with Gasteiger partial charge in [0.05, 0.1) is 0 Å². The van der Waals surface area contributed by atoms with Gasteiger partial charge in [-0.15, -0.1) is 0 Å². The average molecular weight is 201 g/mol. The van der Waals surface area contributed by atoms with Gasteiger partial charge in [-0.05, 0) is 31.2 Å². The van der Waals surface area contributed by atoms with Crippen LogP contribution in [0.25, 0.3) is 0 Å². The lowest BCUT2D eigenvalue weighted by Gasteiger charge is -2.26. The number of hydrogen-bond acceptors (Lipinski definition) is 1. The van der Waals surface area contributed by atoms with Gasteiger partial charge < -0.3 is 5.32 Å². The first-order valence-corrected chi connectivity index (χ1v) is 6.42. The number of nitrogens with one attached hydrogen (secondary N) is 1. The molecule has 0 aromatic rings. The van der Waals surface area contributed by atoms with Crippen molar-refractivity contribution in [2.75, 3.05) is 6.54 Å². The zero-order valence-electron chi connectivity index (χ0n) is 10.8. The monoisotopic (exact) mass is 201 g/mol. The van der Waals surface area contributed by atoms with Gasteiger partial charge in [-0.3, -0.25) is 0 Å². The summed E-state index contributed by atoms with van der Waals surface area (Å²) in [7, 11) is 0. The summed E-state index contributed by atoms with van der Waals surface area (Å²) in [6, 6.07) is 0.657. The predicted molar refractivity (Wildman–Crippen MR) is 67.7 cm³/mol. The summed E-state index contributed by atoms with van der Waals surface area (Å²) in [5, 5.41) is 3.53. The Bertz CT molecular complexity index is 118. The highest BCUT2D eigenvalue weighted by atomic mass is 14.9. The lowest BCUT2D eigenvalue weighted by atomic mass is 9.83. The van der Waals surface area contributed by atoms with Gasteiger partial charge in [0.1, 0.15) is 0 Å². The highest BCUT2D eigenvalue weighted by Crippen LogP contribution is 2.27. The molecule has 1 rings (SSSR count). The van der Waals surface area contributed by atoms with Crippen LogP contribution < -0.4 is 5.32 Å². The molecule has 1 saturated carbocycles. The fraction of sp³-hybridized carbons (Fsp3) is 1.00. The van der Waals surface area contributed by atoms with E-state index >= 15 is 0 Å². The Morgan fingerprint density at radius 1 is 1.14 bits per heavy atom. The minimum absolute atomic E-state index is 0. The molecule has 0 bridgehead atoms. The lowest BCUT2D eigenvalue weighted by Crippen LogP contribution is -2.30. The topological polar surface area (TPSA) is 12.0 Å². The van der Waals surface area contributed by atoms with Gasteiger partial charge >= 0.3 is 0 Å². The molecule has 0 unspecified atom stereocenters. The van der Waals surface area contributed by atoms with E-state index in [9.17, 15) is 0 Å². The van der Waals surface area contributed by atoms with Crippen LogP contribution in [0.4, 0.5) is 0 Å². The van der Waals surface area contributed by atoms with Crippen molar-refractivity contribution in [3.63, 3.8) is 0 Å². The van der Waals surface area contributed by atoms with Crippen LogP contribution in [0.3, 0.4) is 0 Å². The molecule has 0 saturated heterocycles. The third-order valence-corrected chi connectivity index (χ3v) is 2.95. The summed E-state index contributed by atoms with van der Waals surface area (Å²) >= 11 is 0. The third kappa shape index (κ3) is 6.42. The van der Waals surface area contributed by atoms with E-state index in [-0.39, 0.29) is 1.43 Å². The van der Waals surface area contributed by atoms with Gasteiger partial charge in [-0.2, -0.15) is 0 Å². The molecule has 1 N–H and O–H groups in total. The first-order chi connectivity index (χ1) is 6.68. The molecule has 0 atom stereocenters. The Hall–Kier alpha value is -0.0400. The molecule has 0 heterocycles. The zero-order valence-corrected chi connectivity index (χ0v) is 10.8. The van der Waals surface area contributed by atoms with E-state index in [0.717, 1.165) is 11.8 Å². The van der Waals surface area contributed by atoms with Gasteiger partial charge in [-0.1, -0.05) is 47.5 Å². The molecule has 14 heavy (non-hydrogen) atoms. The van der Waals surface area contributed by atoms with Crippen LogP contribution in [0.1, 0.15) is 61.7 Å². The second-order valence-corrected chi connectivity index (χ2v) is 4.69. The first kappa shape index (κ1) is 14.0. The molecule has 0 aromatic carbocycles. The van der Waals surface area contributed by atoms with Crippen LogP contribution in [0.5, 0.6) is 0 Å². The van der Waals surface area contributed by atoms with Crippen molar-refractivity contribution in [2.24, 2.45) is 11.8 Å². The minimum Gasteiger partial charge on any atom is -0.314 e. The molecule has 1 heteroatoms. The summed E-state index contributed by atoms with van der Waals surface area (Å²) < 4.78 is 0. The van der Waals surface area contributed by atoms with Crippen LogP contribution in [0.15, 0.2) is 0 Å². The van der Waals surface area contributed by atoms with E-state index in [2.05, 4.69) is 26.1 Å². The van der Waals surface area contributed by atoms with Gasteiger partial charge in [0.25, 0.3) is 0 Å². The van der Waals surface area contributed by atoms with Crippen LogP contribution >= 0.6 is 0 Å². The zero-order chi connectivity index (χ0) is 11.0.